The van der Waals surface area contributed by atoms with E-state index in [0.29, 0.717) is 12.1 Å². The number of aryl methyl sites for hydroxylation is 1. The van der Waals surface area contributed by atoms with E-state index in [1.807, 2.05) is 6.92 Å². The molecular formula is C20H31FN2O. The maximum Gasteiger partial charge on any atom is 0.123 e. The molecular weight excluding hydrogens is 303 g/mol. The summed E-state index contributed by atoms with van der Waals surface area (Å²) in [5.74, 6) is -0.236. The fraction of sp³-hybridized carbons (Fsp3) is 0.700. The zero-order valence-electron chi connectivity index (χ0n) is 15.1. The predicted octanol–water partition coefficient (Wildman–Crippen LogP) is 3.51. The van der Waals surface area contributed by atoms with Crippen molar-refractivity contribution in [1.82, 2.24) is 9.80 Å². The second kappa shape index (κ2) is 7.51. The first-order valence-electron chi connectivity index (χ1n) is 9.45. The molecule has 1 unspecified atom stereocenters. The van der Waals surface area contributed by atoms with Crippen molar-refractivity contribution in [1.29, 1.82) is 0 Å². The second-order valence-electron chi connectivity index (χ2n) is 7.59. The number of halogens is 1. The van der Waals surface area contributed by atoms with E-state index in [1.165, 1.54) is 57.3 Å². The fourth-order valence-corrected chi connectivity index (χ4v) is 4.59. The lowest BCUT2D eigenvalue weighted by Crippen LogP contribution is -2.54. The van der Waals surface area contributed by atoms with Gasteiger partial charge in [-0.2, -0.15) is 0 Å². The molecule has 2 aliphatic heterocycles. The van der Waals surface area contributed by atoms with E-state index in [0.717, 1.165) is 24.2 Å². The van der Waals surface area contributed by atoms with E-state index in [2.05, 4.69) is 16.7 Å². The molecule has 134 valence electrons. The lowest BCUT2D eigenvalue weighted by atomic mass is 9.83. The number of likely N-dealkylation sites (tertiary alicyclic amines) is 2. The number of aliphatic hydroxyl groups is 1. The Morgan fingerprint density at radius 1 is 1.17 bits per heavy atom. The largest absolute Gasteiger partial charge is 0.387 e. The summed E-state index contributed by atoms with van der Waals surface area (Å²) < 4.78 is 13.2. The molecule has 0 aromatic heterocycles. The third-order valence-electron chi connectivity index (χ3n) is 6.24. The second-order valence-corrected chi connectivity index (χ2v) is 7.59. The standard InChI is InChI=1S/C20H31FN2O/c1-3-20(23-10-4-5-11-23)8-12-22(13-9-20)15-19(24)18-7-6-17(21)14-16(18)2/h6-7,14,19,24H,3-5,8-13,15H2,1-2H3. The van der Waals surface area contributed by atoms with E-state index < -0.39 is 6.10 Å². The van der Waals surface area contributed by atoms with Gasteiger partial charge < -0.3 is 10.0 Å². The number of benzene rings is 1. The number of rotatable bonds is 5. The lowest BCUT2D eigenvalue weighted by molar-refractivity contribution is 0.0165. The number of aliphatic hydroxyl groups excluding tert-OH is 1. The molecule has 2 heterocycles. The van der Waals surface area contributed by atoms with Gasteiger partial charge in [-0.05, 0) is 75.4 Å². The zero-order valence-corrected chi connectivity index (χ0v) is 15.1. The van der Waals surface area contributed by atoms with Crippen molar-refractivity contribution in [2.24, 2.45) is 0 Å². The van der Waals surface area contributed by atoms with Gasteiger partial charge in [-0.25, -0.2) is 4.39 Å². The summed E-state index contributed by atoms with van der Waals surface area (Å²) in [6.07, 6.45) is 5.76. The molecule has 0 spiro atoms. The quantitative estimate of drug-likeness (QED) is 0.893. The molecule has 0 aliphatic carbocycles. The van der Waals surface area contributed by atoms with Crippen LogP contribution in [0.1, 0.15) is 56.3 Å². The molecule has 0 radical (unpaired) electrons. The first-order chi connectivity index (χ1) is 11.5. The van der Waals surface area contributed by atoms with E-state index in [-0.39, 0.29) is 5.82 Å². The molecule has 1 N–H and O–H groups in total. The van der Waals surface area contributed by atoms with E-state index >= 15 is 0 Å². The first kappa shape index (κ1) is 17.8. The highest BCUT2D eigenvalue weighted by Gasteiger charge is 2.39. The third kappa shape index (κ3) is 3.66. The highest BCUT2D eigenvalue weighted by molar-refractivity contribution is 5.28. The van der Waals surface area contributed by atoms with Crippen LogP contribution in [0.25, 0.3) is 0 Å². The molecule has 2 saturated heterocycles. The SMILES string of the molecule is CCC1(N2CCCC2)CCN(CC(O)c2ccc(F)cc2C)CC1. The molecule has 0 amide bonds. The van der Waals surface area contributed by atoms with E-state index in [9.17, 15) is 9.50 Å². The van der Waals surface area contributed by atoms with E-state index in [1.54, 1.807) is 6.07 Å². The topological polar surface area (TPSA) is 26.7 Å². The molecule has 24 heavy (non-hydrogen) atoms. The van der Waals surface area contributed by atoms with Gasteiger partial charge in [0.2, 0.25) is 0 Å². The minimum atomic E-state index is -0.536. The average molecular weight is 334 g/mol. The molecule has 2 fully saturated rings. The normalized spacial score (nSPS) is 23.5. The Morgan fingerprint density at radius 2 is 1.83 bits per heavy atom. The molecule has 1 aromatic carbocycles. The number of β-amino-alcohol motifs (C(OH)–C–C–N with tert-alkyl or cyclic N) is 1. The number of nitrogens with zero attached hydrogens (tertiary/aromatic N) is 2. The van der Waals surface area contributed by atoms with Gasteiger partial charge in [-0.15, -0.1) is 0 Å². The molecule has 1 aromatic rings. The van der Waals surface area contributed by atoms with Crippen LogP contribution in [0.2, 0.25) is 0 Å². The van der Waals surface area contributed by atoms with Crippen molar-refractivity contribution in [2.75, 3.05) is 32.7 Å². The van der Waals surface area contributed by atoms with Crippen molar-refractivity contribution in [3.63, 3.8) is 0 Å². The van der Waals surface area contributed by atoms with Crippen molar-refractivity contribution in [3.05, 3.63) is 35.1 Å². The first-order valence-corrected chi connectivity index (χ1v) is 9.45. The summed E-state index contributed by atoms with van der Waals surface area (Å²) in [4.78, 5) is 5.09. The summed E-state index contributed by atoms with van der Waals surface area (Å²) in [6.45, 7) is 9.43. The lowest BCUT2D eigenvalue weighted by Gasteiger charge is -2.47. The van der Waals surface area contributed by atoms with Crippen molar-refractivity contribution >= 4 is 0 Å². The van der Waals surface area contributed by atoms with Gasteiger partial charge in [0.1, 0.15) is 5.82 Å². The zero-order chi connectivity index (χ0) is 17.2. The molecule has 4 heteroatoms. The van der Waals surface area contributed by atoms with Gasteiger partial charge >= 0.3 is 0 Å². The van der Waals surface area contributed by atoms with Gasteiger partial charge in [0.05, 0.1) is 6.10 Å². The van der Waals surface area contributed by atoms with Crippen LogP contribution in [0.15, 0.2) is 18.2 Å². The van der Waals surface area contributed by atoms with Crippen LogP contribution in [0, 0.1) is 12.7 Å². The Kier molecular flexibility index (Phi) is 5.58. The average Bonchev–Trinajstić information content (AvgIpc) is 3.11. The Morgan fingerprint density at radius 3 is 2.42 bits per heavy atom. The number of hydrogen-bond donors (Lipinski definition) is 1. The van der Waals surface area contributed by atoms with Crippen molar-refractivity contribution in [3.8, 4) is 0 Å². The molecule has 0 saturated carbocycles. The molecule has 3 nitrogen and oxygen atoms in total. The number of piperidine rings is 1. The van der Waals surface area contributed by atoms with Crippen LogP contribution in [-0.4, -0.2) is 53.2 Å². The summed E-state index contributed by atoms with van der Waals surface area (Å²) in [6, 6.07) is 4.67. The monoisotopic (exact) mass is 334 g/mol. The predicted molar refractivity (Wildman–Crippen MR) is 95.6 cm³/mol. The summed E-state index contributed by atoms with van der Waals surface area (Å²) in [7, 11) is 0. The van der Waals surface area contributed by atoms with Crippen LogP contribution in [0.3, 0.4) is 0 Å². The smallest absolute Gasteiger partial charge is 0.123 e. The van der Waals surface area contributed by atoms with Gasteiger partial charge in [0.15, 0.2) is 0 Å². The number of hydrogen-bond acceptors (Lipinski definition) is 3. The van der Waals surface area contributed by atoms with Crippen LogP contribution >= 0.6 is 0 Å². The minimum absolute atomic E-state index is 0.236. The minimum Gasteiger partial charge on any atom is -0.387 e. The Bertz CT molecular complexity index is 549. The van der Waals surface area contributed by atoms with Crippen LogP contribution < -0.4 is 0 Å². The molecule has 3 rings (SSSR count). The van der Waals surface area contributed by atoms with Gasteiger partial charge in [0, 0.05) is 25.2 Å². The van der Waals surface area contributed by atoms with Crippen LogP contribution in [-0.2, 0) is 0 Å². The maximum atomic E-state index is 13.2. The molecule has 0 bridgehead atoms. The van der Waals surface area contributed by atoms with Crippen LogP contribution in [0.5, 0.6) is 0 Å². The highest BCUT2D eigenvalue weighted by Crippen LogP contribution is 2.35. The third-order valence-corrected chi connectivity index (χ3v) is 6.24. The van der Waals surface area contributed by atoms with Crippen LogP contribution in [0.4, 0.5) is 4.39 Å². The summed E-state index contributed by atoms with van der Waals surface area (Å²) in [5.41, 5.74) is 2.06. The van der Waals surface area contributed by atoms with Crippen molar-refractivity contribution < 1.29 is 9.50 Å². The fourth-order valence-electron chi connectivity index (χ4n) is 4.59. The molecule has 2 aliphatic rings. The van der Waals surface area contributed by atoms with Gasteiger partial charge in [0.25, 0.3) is 0 Å². The Labute approximate surface area is 145 Å². The summed E-state index contributed by atoms with van der Waals surface area (Å²) >= 11 is 0. The van der Waals surface area contributed by atoms with Gasteiger partial charge in [-0.3, -0.25) is 4.90 Å². The highest BCUT2D eigenvalue weighted by atomic mass is 19.1. The maximum absolute atomic E-state index is 13.2. The Balaban J connectivity index is 1.58. The molecule has 1 atom stereocenters. The Hall–Kier alpha value is -0.970. The van der Waals surface area contributed by atoms with E-state index in [4.69, 9.17) is 0 Å². The summed E-state index contributed by atoms with van der Waals surface area (Å²) in [5, 5.41) is 10.6. The van der Waals surface area contributed by atoms with Crippen molar-refractivity contribution in [2.45, 2.75) is 57.6 Å². The van der Waals surface area contributed by atoms with Gasteiger partial charge in [-0.1, -0.05) is 13.0 Å².